The van der Waals surface area contributed by atoms with Gasteiger partial charge >= 0.3 is 5.97 Å². The molecule has 0 spiro atoms. The molecule has 0 heterocycles. The molecule has 0 saturated carbocycles. The molecule has 0 aliphatic rings. The molecule has 7 heteroatoms. The zero-order valence-corrected chi connectivity index (χ0v) is 8.69. The highest BCUT2D eigenvalue weighted by Crippen LogP contribution is 2.03. The van der Waals surface area contributed by atoms with Crippen molar-refractivity contribution in [2.24, 2.45) is 5.73 Å². The van der Waals surface area contributed by atoms with Crippen molar-refractivity contribution >= 4 is 11.9 Å². The number of methoxy groups -OCH3 is 1. The molecule has 0 saturated heterocycles. The summed E-state index contributed by atoms with van der Waals surface area (Å²) in [6.07, 6.45) is -1.35. The second-order valence-corrected chi connectivity index (χ2v) is 3.31. The molecule has 0 fully saturated rings. The lowest BCUT2D eigenvalue weighted by atomic mass is 10.1. The summed E-state index contributed by atoms with van der Waals surface area (Å²) in [5.74, 6) is -1.68. The molecular formula is C8H16N2O5. The Morgan fingerprint density at radius 3 is 2.53 bits per heavy atom. The maximum absolute atomic E-state index is 11.0. The van der Waals surface area contributed by atoms with Crippen LogP contribution in [0.5, 0.6) is 0 Å². The van der Waals surface area contributed by atoms with Crippen LogP contribution in [0.15, 0.2) is 0 Å². The van der Waals surface area contributed by atoms with Gasteiger partial charge < -0.3 is 26.0 Å². The maximum atomic E-state index is 11.0. The van der Waals surface area contributed by atoms with E-state index in [-0.39, 0.29) is 13.1 Å². The van der Waals surface area contributed by atoms with Gasteiger partial charge in [0.05, 0.1) is 7.11 Å². The minimum Gasteiger partial charge on any atom is -0.467 e. The summed E-state index contributed by atoms with van der Waals surface area (Å²) in [6, 6.07) is 0. The minimum absolute atomic E-state index is 0.136. The van der Waals surface area contributed by atoms with Crippen LogP contribution in [0.2, 0.25) is 0 Å². The molecule has 0 aromatic heterocycles. The normalized spacial score (nSPS) is 16.5. The third-order valence-corrected chi connectivity index (χ3v) is 1.76. The summed E-state index contributed by atoms with van der Waals surface area (Å²) in [4.78, 5) is 21.4. The first kappa shape index (κ1) is 13.8. The molecule has 0 aromatic rings. The minimum atomic E-state index is -1.70. The number of aliphatic hydroxyl groups excluding tert-OH is 1. The van der Waals surface area contributed by atoms with Gasteiger partial charge in [0.15, 0.2) is 5.60 Å². The number of nitrogens with two attached hydrogens (primary N) is 1. The van der Waals surface area contributed by atoms with Gasteiger partial charge in [-0.2, -0.15) is 0 Å². The number of rotatable bonds is 6. The second-order valence-electron chi connectivity index (χ2n) is 3.31. The Labute approximate surface area is 87.2 Å². The van der Waals surface area contributed by atoms with Crippen molar-refractivity contribution in [3.8, 4) is 0 Å². The molecule has 2 unspecified atom stereocenters. The zero-order chi connectivity index (χ0) is 12.1. The van der Waals surface area contributed by atoms with Crippen LogP contribution in [0, 0.1) is 0 Å². The van der Waals surface area contributed by atoms with Gasteiger partial charge in [-0.15, -0.1) is 0 Å². The average Bonchev–Trinajstić information content (AvgIpc) is 2.15. The van der Waals surface area contributed by atoms with E-state index in [2.05, 4.69) is 10.1 Å². The van der Waals surface area contributed by atoms with Crippen molar-refractivity contribution in [1.29, 1.82) is 0 Å². The monoisotopic (exact) mass is 220 g/mol. The van der Waals surface area contributed by atoms with Gasteiger partial charge in [0.2, 0.25) is 5.91 Å². The summed E-state index contributed by atoms with van der Waals surface area (Å²) < 4.78 is 4.34. The Hall–Kier alpha value is -1.18. The lowest BCUT2D eigenvalue weighted by molar-refractivity contribution is -0.160. The van der Waals surface area contributed by atoms with E-state index in [9.17, 15) is 14.7 Å². The first-order valence-electron chi connectivity index (χ1n) is 4.30. The molecule has 2 atom stereocenters. The van der Waals surface area contributed by atoms with Crippen LogP contribution in [0.4, 0.5) is 0 Å². The topological polar surface area (TPSA) is 122 Å². The largest absolute Gasteiger partial charge is 0.467 e. The fourth-order valence-corrected chi connectivity index (χ4v) is 0.845. The van der Waals surface area contributed by atoms with Crippen LogP contribution in [-0.4, -0.2) is 54.0 Å². The number of hydrogen-bond donors (Lipinski definition) is 4. The number of aliphatic hydroxyl groups is 2. The fourth-order valence-electron chi connectivity index (χ4n) is 0.845. The SMILES string of the molecule is COC(=O)C(C)(O)CNCC(O)C(N)=O. The van der Waals surface area contributed by atoms with Crippen LogP contribution < -0.4 is 11.1 Å². The highest BCUT2D eigenvalue weighted by Gasteiger charge is 2.31. The summed E-state index contributed by atoms with van der Waals surface area (Å²) in [5, 5.41) is 21.0. The van der Waals surface area contributed by atoms with Crippen molar-refractivity contribution in [2.45, 2.75) is 18.6 Å². The number of amides is 1. The van der Waals surface area contributed by atoms with Crippen molar-refractivity contribution in [3.63, 3.8) is 0 Å². The third kappa shape index (κ3) is 4.73. The first-order valence-corrected chi connectivity index (χ1v) is 4.30. The lowest BCUT2D eigenvalue weighted by Gasteiger charge is -2.21. The van der Waals surface area contributed by atoms with Crippen molar-refractivity contribution in [2.75, 3.05) is 20.2 Å². The quantitative estimate of drug-likeness (QED) is 0.363. The Balaban J connectivity index is 3.95. The van der Waals surface area contributed by atoms with E-state index in [1.165, 1.54) is 6.92 Å². The van der Waals surface area contributed by atoms with Gasteiger partial charge in [-0.25, -0.2) is 4.79 Å². The van der Waals surface area contributed by atoms with Crippen molar-refractivity contribution < 1.29 is 24.5 Å². The molecule has 15 heavy (non-hydrogen) atoms. The number of ether oxygens (including phenoxy) is 1. The Morgan fingerprint density at radius 1 is 1.60 bits per heavy atom. The molecule has 1 amide bonds. The molecule has 0 rings (SSSR count). The Bertz CT molecular complexity index is 241. The molecule has 0 bridgehead atoms. The fraction of sp³-hybridized carbons (Fsp3) is 0.750. The van der Waals surface area contributed by atoms with E-state index in [0.29, 0.717) is 0 Å². The van der Waals surface area contributed by atoms with Gasteiger partial charge in [-0.05, 0) is 6.92 Å². The highest BCUT2D eigenvalue weighted by molar-refractivity contribution is 5.79. The number of carbonyl (C=O) groups is 2. The van der Waals surface area contributed by atoms with Gasteiger partial charge in [0.1, 0.15) is 6.10 Å². The third-order valence-electron chi connectivity index (χ3n) is 1.76. The molecular weight excluding hydrogens is 204 g/mol. The number of esters is 1. The van der Waals surface area contributed by atoms with Gasteiger partial charge in [0, 0.05) is 13.1 Å². The van der Waals surface area contributed by atoms with Crippen LogP contribution in [0.3, 0.4) is 0 Å². The smallest absolute Gasteiger partial charge is 0.338 e. The summed E-state index contributed by atoms with van der Waals surface area (Å²) in [7, 11) is 1.15. The molecule has 7 nitrogen and oxygen atoms in total. The van der Waals surface area contributed by atoms with Crippen LogP contribution in [0.25, 0.3) is 0 Å². The number of carbonyl (C=O) groups excluding carboxylic acids is 2. The van der Waals surface area contributed by atoms with E-state index < -0.39 is 23.6 Å². The highest BCUT2D eigenvalue weighted by atomic mass is 16.5. The molecule has 0 aromatic carbocycles. The zero-order valence-electron chi connectivity index (χ0n) is 8.69. The molecule has 0 aliphatic carbocycles. The molecule has 0 radical (unpaired) electrons. The molecule has 88 valence electrons. The predicted octanol–water partition coefficient (Wildman–Crippen LogP) is -2.65. The standard InChI is InChI=1S/C8H16N2O5/c1-8(14,7(13)15-2)4-10-3-5(11)6(9)12/h5,10-11,14H,3-4H2,1-2H3,(H2,9,12). The van der Waals surface area contributed by atoms with Crippen LogP contribution in [-0.2, 0) is 14.3 Å². The van der Waals surface area contributed by atoms with E-state index in [1.54, 1.807) is 0 Å². The Kier molecular flexibility index (Phi) is 5.20. The Morgan fingerprint density at radius 2 is 2.13 bits per heavy atom. The van der Waals surface area contributed by atoms with Gasteiger partial charge in [-0.3, -0.25) is 4.79 Å². The van der Waals surface area contributed by atoms with Gasteiger partial charge in [0.25, 0.3) is 0 Å². The predicted molar refractivity (Wildman–Crippen MR) is 50.7 cm³/mol. The second kappa shape index (κ2) is 5.64. The van der Waals surface area contributed by atoms with E-state index >= 15 is 0 Å². The van der Waals surface area contributed by atoms with Crippen molar-refractivity contribution in [1.82, 2.24) is 5.32 Å². The number of primary amides is 1. The maximum Gasteiger partial charge on any atom is 0.338 e. The molecule has 0 aliphatic heterocycles. The van der Waals surface area contributed by atoms with Crippen LogP contribution >= 0.6 is 0 Å². The lowest BCUT2D eigenvalue weighted by Crippen LogP contribution is -2.48. The summed E-state index contributed by atoms with van der Waals surface area (Å²) in [6.45, 7) is 0.967. The van der Waals surface area contributed by atoms with Crippen molar-refractivity contribution in [3.05, 3.63) is 0 Å². The summed E-state index contributed by atoms with van der Waals surface area (Å²) >= 11 is 0. The average molecular weight is 220 g/mol. The van der Waals surface area contributed by atoms with Gasteiger partial charge in [-0.1, -0.05) is 0 Å². The number of nitrogens with one attached hydrogen (secondary N) is 1. The number of hydrogen-bond acceptors (Lipinski definition) is 6. The van der Waals surface area contributed by atoms with E-state index in [0.717, 1.165) is 7.11 Å². The summed E-state index contributed by atoms with van der Waals surface area (Å²) in [5.41, 5.74) is 3.09. The van der Waals surface area contributed by atoms with Crippen LogP contribution in [0.1, 0.15) is 6.92 Å². The first-order chi connectivity index (χ1) is 6.81. The van der Waals surface area contributed by atoms with E-state index in [4.69, 9.17) is 10.8 Å². The molecule has 5 N–H and O–H groups in total. The van der Waals surface area contributed by atoms with E-state index in [1.807, 2.05) is 0 Å².